The van der Waals surface area contributed by atoms with Gasteiger partial charge in [-0.2, -0.15) is 5.10 Å². The van der Waals surface area contributed by atoms with Crippen LogP contribution in [0.1, 0.15) is 38.6 Å². The number of aromatic nitrogens is 2. The Balaban J connectivity index is 2.09. The van der Waals surface area contributed by atoms with Crippen LogP contribution in [0.4, 0.5) is 0 Å². The van der Waals surface area contributed by atoms with Crippen LogP contribution >= 0.6 is 0 Å². The fraction of sp³-hybridized carbons (Fsp3) is 0.727. The number of hydrogen-bond donors (Lipinski definition) is 1. The lowest BCUT2D eigenvalue weighted by atomic mass is 9.81. The maximum atomic E-state index is 6.13. The second kappa shape index (κ2) is 4.13. The monoisotopic (exact) mass is 193 g/mol. The molecule has 3 nitrogen and oxygen atoms in total. The van der Waals surface area contributed by atoms with Gasteiger partial charge in [-0.1, -0.05) is 13.3 Å². The molecule has 2 rings (SSSR count). The summed E-state index contributed by atoms with van der Waals surface area (Å²) in [5.74, 6) is 0.837. The van der Waals surface area contributed by atoms with Crippen LogP contribution in [-0.4, -0.2) is 15.8 Å². The van der Waals surface area contributed by atoms with Gasteiger partial charge >= 0.3 is 0 Å². The first-order valence-corrected chi connectivity index (χ1v) is 5.56. The molecule has 1 aromatic rings. The quantitative estimate of drug-likeness (QED) is 0.780. The highest BCUT2D eigenvalue weighted by atomic mass is 15.3. The van der Waals surface area contributed by atoms with Crippen LogP contribution in [0.25, 0.3) is 0 Å². The Kier molecular flexibility index (Phi) is 2.87. The molecule has 0 aliphatic heterocycles. The molecular weight excluding hydrogens is 174 g/mol. The highest BCUT2D eigenvalue weighted by Crippen LogP contribution is 2.32. The predicted octanol–water partition coefficient (Wildman–Crippen LogP) is 1.96. The Morgan fingerprint density at radius 2 is 2.36 bits per heavy atom. The number of nitrogens with two attached hydrogens (primary N) is 1. The van der Waals surface area contributed by atoms with Gasteiger partial charge < -0.3 is 5.73 Å². The first-order valence-electron chi connectivity index (χ1n) is 5.56. The minimum Gasteiger partial charge on any atom is -0.326 e. The summed E-state index contributed by atoms with van der Waals surface area (Å²) in [5, 5.41) is 4.30. The first kappa shape index (κ1) is 9.71. The Morgan fingerprint density at radius 1 is 1.50 bits per heavy atom. The molecule has 0 aromatic carbocycles. The van der Waals surface area contributed by atoms with E-state index < -0.39 is 0 Å². The highest BCUT2D eigenvalue weighted by Gasteiger charge is 2.28. The lowest BCUT2D eigenvalue weighted by molar-refractivity contribution is 0.217. The molecule has 0 radical (unpaired) electrons. The van der Waals surface area contributed by atoms with Gasteiger partial charge in [0.05, 0.1) is 6.04 Å². The van der Waals surface area contributed by atoms with E-state index in [9.17, 15) is 0 Å². The molecule has 0 spiro atoms. The van der Waals surface area contributed by atoms with E-state index in [1.165, 1.54) is 19.3 Å². The van der Waals surface area contributed by atoms with Gasteiger partial charge in [-0.15, -0.1) is 0 Å². The van der Waals surface area contributed by atoms with Crippen molar-refractivity contribution in [3.63, 3.8) is 0 Å². The molecule has 0 bridgehead atoms. The molecule has 1 aliphatic rings. The summed E-state index contributed by atoms with van der Waals surface area (Å²) in [6.07, 6.45) is 8.76. The van der Waals surface area contributed by atoms with E-state index in [2.05, 4.69) is 12.0 Å². The number of rotatable bonds is 2. The SMILES string of the molecule is CCC1CCC(N)C(n2cccn2)C1. The van der Waals surface area contributed by atoms with Gasteiger partial charge in [-0.3, -0.25) is 4.68 Å². The van der Waals surface area contributed by atoms with Crippen LogP contribution in [0.2, 0.25) is 0 Å². The smallest absolute Gasteiger partial charge is 0.0672 e. The predicted molar refractivity (Wildman–Crippen MR) is 56.9 cm³/mol. The standard InChI is InChI=1S/C11H19N3/c1-2-9-4-5-10(12)11(8-9)14-7-3-6-13-14/h3,6-7,9-11H,2,4-5,8,12H2,1H3. The van der Waals surface area contributed by atoms with Crippen LogP contribution < -0.4 is 5.73 Å². The van der Waals surface area contributed by atoms with E-state index in [0.29, 0.717) is 6.04 Å². The molecular formula is C11H19N3. The molecule has 1 heterocycles. The maximum Gasteiger partial charge on any atom is 0.0672 e. The van der Waals surface area contributed by atoms with Crippen molar-refractivity contribution >= 4 is 0 Å². The van der Waals surface area contributed by atoms with Gasteiger partial charge in [0, 0.05) is 18.4 Å². The van der Waals surface area contributed by atoms with Crippen molar-refractivity contribution in [1.82, 2.24) is 9.78 Å². The molecule has 0 amide bonds. The fourth-order valence-electron chi connectivity index (χ4n) is 2.41. The van der Waals surface area contributed by atoms with E-state index >= 15 is 0 Å². The van der Waals surface area contributed by atoms with Crippen molar-refractivity contribution in [3.05, 3.63) is 18.5 Å². The zero-order valence-corrected chi connectivity index (χ0v) is 8.76. The molecule has 0 saturated heterocycles. The molecule has 1 aliphatic carbocycles. The van der Waals surface area contributed by atoms with Crippen LogP contribution in [0.15, 0.2) is 18.5 Å². The molecule has 2 N–H and O–H groups in total. The zero-order chi connectivity index (χ0) is 9.97. The van der Waals surface area contributed by atoms with Gasteiger partial charge in [0.2, 0.25) is 0 Å². The van der Waals surface area contributed by atoms with Crippen LogP contribution in [0, 0.1) is 5.92 Å². The second-order valence-corrected chi connectivity index (χ2v) is 4.30. The summed E-state index contributed by atoms with van der Waals surface area (Å²) in [6.45, 7) is 2.27. The Hall–Kier alpha value is -0.830. The maximum absolute atomic E-state index is 6.13. The Morgan fingerprint density at radius 3 is 3.00 bits per heavy atom. The van der Waals surface area contributed by atoms with Crippen LogP contribution in [0.5, 0.6) is 0 Å². The lowest BCUT2D eigenvalue weighted by Crippen LogP contribution is -2.37. The topological polar surface area (TPSA) is 43.8 Å². The van der Waals surface area contributed by atoms with Crippen molar-refractivity contribution in [1.29, 1.82) is 0 Å². The van der Waals surface area contributed by atoms with Crippen molar-refractivity contribution < 1.29 is 0 Å². The first-order chi connectivity index (χ1) is 6.81. The molecule has 3 heteroatoms. The molecule has 1 fully saturated rings. The zero-order valence-electron chi connectivity index (χ0n) is 8.76. The summed E-state index contributed by atoms with van der Waals surface area (Å²) in [7, 11) is 0. The largest absolute Gasteiger partial charge is 0.326 e. The Labute approximate surface area is 85.3 Å². The summed E-state index contributed by atoms with van der Waals surface area (Å²) >= 11 is 0. The second-order valence-electron chi connectivity index (χ2n) is 4.30. The average Bonchev–Trinajstić information content (AvgIpc) is 2.71. The minimum absolute atomic E-state index is 0.290. The third-order valence-corrected chi connectivity index (χ3v) is 3.42. The number of hydrogen-bond acceptors (Lipinski definition) is 2. The average molecular weight is 193 g/mol. The molecule has 78 valence electrons. The number of nitrogens with zero attached hydrogens (tertiary/aromatic N) is 2. The van der Waals surface area contributed by atoms with Crippen LogP contribution in [-0.2, 0) is 0 Å². The third-order valence-electron chi connectivity index (χ3n) is 3.42. The van der Waals surface area contributed by atoms with Gasteiger partial charge in [0.1, 0.15) is 0 Å². The highest BCUT2D eigenvalue weighted by molar-refractivity contribution is 4.89. The molecule has 14 heavy (non-hydrogen) atoms. The van der Waals surface area contributed by atoms with Gasteiger partial charge in [0.15, 0.2) is 0 Å². The van der Waals surface area contributed by atoms with E-state index in [0.717, 1.165) is 12.3 Å². The summed E-state index contributed by atoms with van der Waals surface area (Å²) < 4.78 is 2.03. The summed E-state index contributed by atoms with van der Waals surface area (Å²) in [4.78, 5) is 0. The van der Waals surface area contributed by atoms with Crippen molar-refractivity contribution in [2.24, 2.45) is 11.7 Å². The lowest BCUT2D eigenvalue weighted by Gasteiger charge is -2.33. The molecule has 3 unspecified atom stereocenters. The van der Waals surface area contributed by atoms with E-state index in [4.69, 9.17) is 5.73 Å². The van der Waals surface area contributed by atoms with Crippen molar-refractivity contribution in [2.45, 2.75) is 44.7 Å². The summed E-state index contributed by atoms with van der Waals surface area (Å²) in [6, 6.07) is 2.68. The molecule has 1 saturated carbocycles. The Bertz CT molecular complexity index is 268. The van der Waals surface area contributed by atoms with Crippen molar-refractivity contribution in [3.8, 4) is 0 Å². The normalized spacial score (nSPS) is 33.1. The van der Waals surface area contributed by atoms with Gasteiger partial charge in [0.25, 0.3) is 0 Å². The van der Waals surface area contributed by atoms with E-state index in [1.807, 2.05) is 23.1 Å². The van der Waals surface area contributed by atoms with E-state index in [1.54, 1.807) is 0 Å². The minimum atomic E-state index is 0.290. The van der Waals surface area contributed by atoms with Gasteiger partial charge in [-0.05, 0) is 31.2 Å². The third kappa shape index (κ3) is 1.82. The molecule has 3 atom stereocenters. The fourth-order valence-corrected chi connectivity index (χ4v) is 2.41. The van der Waals surface area contributed by atoms with Gasteiger partial charge in [-0.25, -0.2) is 0 Å². The van der Waals surface area contributed by atoms with E-state index in [-0.39, 0.29) is 6.04 Å². The van der Waals surface area contributed by atoms with Crippen molar-refractivity contribution in [2.75, 3.05) is 0 Å². The van der Waals surface area contributed by atoms with Crippen LogP contribution in [0.3, 0.4) is 0 Å². The summed E-state index contributed by atoms with van der Waals surface area (Å²) in [5.41, 5.74) is 6.13. The molecule has 1 aromatic heterocycles.